The zero-order chi connectivity index (χ0) is 6.48. The van der Waals surface area contributed by atoms with Crippen molar-refractivity contribution in [3.63, 3.8) is 0 Å². The van der Waals surface area contributed by atoms with Crippen molar-refractivity contribution in [1.29, 1.82) is 0 Å². The molecule has 1 spiro atoms. The van der Waals surface area contributed by atoms with Crippen molar-refractivity contribution in [1.82, 2.24) is 5.32 Å². The fourth-order valence-electron chi connectivity index (χ4n) is 0.949. The molecule has 0 aromatic rings. The molecule has 0 radical (unpaired) electrons. The molecule has 10 heavy (non-hydrogen) atoms. The Morgan fingerprint density at radius 3 is 2.20 bits per heavy atom. The molecule has 1 N–H and O–H groups in total. The zero-order valence-corrected chi connectivity index (χ0v) is 8.80. The first-order valence-electron chi connectivity index (χ1n) is 2.81. The molecule has 0 atom stereocenters. The van der Waals surface area contributed by atoms with Crippen molar-refractivity contribution in [3.8, 4) is 0 Å². The van der Waals surface area contributed by atoms with Crippen LogP contribution >= 0.6 is 0 Å². The van der Waals surface area contributed by atoms with Gasteiger partial charge in [-0.3, -0.25) is 9.59 Å². The maximum atomic E-state index is 10.7. The minimum absolute atomic E-state index is 0. The van der Waals surface area contributed by atoms with Crippen LogP contribution in [-0.4, -0.2) is 17.5 Å². The van der Waals surface area contributed by atoms with Crippen LogP contribution in [0, 0.1) is 0 Å². The summed E-state index contributed by atoms with van der Waals surface area (Å²) in [6.07, 6.45) is 1.53. The summed E-state index contributed by atoms with van der Waals surface area (Å²) >= 11 is 0. The standard InChI is InChI=1S/C5H6N2O2.K/c8-3-5(1-2-5)7-4(9)6-3;/h1-2H2,(H2,6,7,8,9);/q;+1/p-1. The van der Waals surface area contributed by atoms with Crippen molar-refractivity contribution in [2.24, 2.45) is 0 Å². The molecule has 2 aliphatic rings. The van der Waals surface area contributed by atoms with Gasteiger partial charge in [0.2, 0.25) is 0 Å². The third-order valence-electron chi connectivity index (χ3n) is 1.71. The number of amides is 3. The summed E-state index contributed by atoms with van der Waals surface area (Å²) in [5, 5.41) is 5.71. The van der Waals surface area contributed by atoms with Crippen LogP contribution in [0.1, 0.15) is 12.8 Å². The second-order valence-corrected chi connectivity index (χ2v) is 2.43. The van der Waals surface area contributed by atoms with E-state index in [1.165, 1.54) is 0 Å². The van der Waals surface area contributed by atoms with Gasteiger partial charge in [0.1, 0.15) is 0 Å². The van der Waals surface area contributed by atoms with Gasteiger partial charge >= 0.3 is 51.4 Å². The summed E-state index contributed by atoms with van der Waals surface area (Å²) in [5.41, 5.74) is -0.531. The molecule has 3 amide bonds. The molecule has 1 aliphatic heterocycles. The van der Waals surface area contributed by atoms with E-state index in [1.54, 1.807) is 0 Å². The molecule has 0 aromatic heterocycles. The second kappa shape index (κ2) is 2.56. The van der Waals surface area contributed by atoms with E-state index in [1.807, 2.05) is 0 Å². The average Bonchev–Trinajstić information content (AvgIpc) is 2.42. The maximum absolute atomic E-state index is 10.7. The number of hydrogen-bond donors (Lipinski definition) is 1. The van der Waals surface area contributed by atoms with Crippen molar-refractivity contribution in [2.45, 2.75) is 18.4 Å². The Balaban J connectivity index is 0.000000500. The Labute approximate surface area is 101 Å². The maximum Gasteiger partial charge on any atom is 1.00 e. The van der Waals surface area contributed by atoms with Crippen molar-refractivity contribution in [2.75, 3.05) is 0 Å². The first-order chi connectivity index (χ1) is 4.23. The van der Waals surface area contributed by atoms with E-state index in [2.05, 4.69) is 10.6 Å². The number of nitrogens with zero attached hydrogens (tertiary/aromatic N) is 1. The Morgan fingerprint density at radius 1 is 1.40 bits per heavy atom. The van der Waals surface area contributed by atoms with Crippen LogP contribution in [0.2, 0.25) is 0 Å². The van der Waals surface area contributed by atoms with Gasteiger partial charge in [0.15, 0.2) is 11.9 Å². The van der Waals surface area contributed by atoms with Crippen LogP contribution in [0.3, 0.4) is 0 Å². The minimum atomic E-state index is -0.531. The average molecular weight is 164 g/mol. The van der Waals surface area contributed by atoms with Crippen LogP contribution in [0.25, 0.3) is 5.32 Å². The molecule has 1 saturated heterocycles. The van der Waals surface area contributed by atoms with Crippen LogP contribution in [-0.2, 0) is 4.79 Å². The topological polar surface area (TPSA) is 60.3 Å². The Morgan fingerprint density at radius 2 is 2.00 bits per heavy atom. The smallest absolute Gasteiger partial charge is 0.437 e. The summed E-state index contributed by atoms with van der Waals surface area (Å²) in [5.74, 6) is -0.285. The third kappa shape index (κ3) is 1.16. The SMILES string of the molecule is O=C1[N-]C(=O)C2(CC2)N1.[K+]. The van der Waals surface area contributed by atoms with E-state index in [0.717, 1.165) is 12.8 Å². The number of carbonyl (C=O) groups excluding carboxylic acids is 2. The van der Waals surface area contributed by atoms with E-state index < -0.39 is 11.6 Å². The van der Waals surface area contributed by atoms with Crippen LogP contribution < -0.4 is 56.7 Å². The summed E-state index contributed by atoms with van der Waals surface area (Å²) in [7, 11) is 0. The molecule has 0 aromatic carbocycles. The van der Waals surface area contributed by atoms with E-state index in [0.29, 0.717) is 0 Å². The monoisotopic (exact) mass is 164 g/mol. The van der Waals surface area contributed by atoms with E-state index >= 15 is 0 Å². The molecule has 48 valence electrons. The quantitative estimate of drug-likeness (QED) is 0.309. The van der Waals surface area contributed by atoms with Gasteiger partial charge in [-0.05, 0) is 12.8 Å². The van der Waals surface area contributed by atoms with Crippen LogP contribution in [0.5, 0.6) is 0 Å². The van der Waals surface area contributed by atoms with E-state index in [9.17, 15) is 9.59 Å². The van der Waals surface area contributed by atoms with Crippen molar-refractivity contribution < 1.29 is 61.0 Å². The van der Waals surface area contributed by atoms with Gasteiger partial charge in [-0.2, -0.15) is 0 Å². The summed E-state index contributed by atoms with van der Waals surface area (Å²) in [6.45, 7) is 0. The molecular formula is C5H5KN2O2. The number of rotatable bonds is 0. The second-order valence-electron chi connectivity index (χ2n) is 2.43. The summed E-state index contributed by atoms with van der Waals surface area (Å²) in [6, 6.07) is -0.475. The Kier molecular flexibility index (Phi) is 2.22. The normalized spacial score (nSPS) is 25.2. The molecule has 4 nitrogen and oxygen atoms in total. The number of nitrogens with one attached hydrogen (secondary N) is 1. The van der Waals surface area contributed by atoms with Gasteiger partial charge in [-0.15, -0.1) is 0 Å². The number of carbonyl (C=O) groups is 2. The predicted molar refractivity (Wildman–Crippen MR) is 28.9 cm³/mol. The molecule has 5 heteroatoms. The first-order valence-corrected chi connectivity index (χ1v) is 2.81. The molecule has 2 fully saturated rings. The molecule has 1 saturated carbocycles. The number of hydrogen-bond acceptors (Lipinski definition) is 2. The zero-order valence-electron chi connectivity index (χ0n) is 5.68. The molecule has 0 unspecified atom stereocenters. The van der Waals surface area contributed by atoms with Gasteiger partial charge < -0.3 is 10.6 Å². The minimum Gasteiger partial charge on any atom is -0.437 e. The first kappa shape index (κ1) is 8.67. The Bertz CT molecular complexity index is 200. The van der Waals surface area contributed by atoms with Gasteiger partial charge in [0, 0.05) is 5.54 Å². The number of imide groups is 1. The van der Waals surface area contributed by atoms with Gasteiger partial charge in [0.05, 0.1) is 0 Å². The predicted octanol–water partition coefficient (Wildman–Crippen LogP) is -2.85. The van der Waals surface area contributed by atoms with E-state index in [-0.39, 0.29) is 57.3 Å². The van der Waals surface area contributed by atoms with E-state index in [4.69, 9.17) is 0 Å². The number of urea groups is 1. The Hall–Kier alpha value is 0.576. The fourth-order valence-corrected chi connectivity index (χ4v) is 0.949. The van der Waals surface area contributed by atoms with Crippen molar-refractivity contribution >= 4 is 11.9 Å². The van der Waals surface area contributed by atoms with Crippen LogP contribution in [0.15, 0.2) is 0 Å². The summed E-state index contributed by atoms with van der Waals surface area (Å²) in [4.78, 5) is 21.1. The van der Waals surface area contributed by atoms with Gasteiger partial charge in [-0.25, -0.2) is 0 Å². The molecule has 1 heterocycles. The van der Waals surface area contributed by atoms with Gasteiger partial charge in [-0.1, -0.05) is 0 Å². The fraction of sp³-hybridized carbons (Fsp3) is 0.600. The molecule has 1 aliphatic carbocycles. The summed E-state index contributed by atoms with van der Waals surface area (Å²) < 4.78 is 0. The molecular weight excluding hydrogens is 159 g/mol. The largest absolute Gasteiger partial charge is 1.00 e. The molecule has 2 rings (SSSR count). The third-order valence-corrected chi connectivity index (χ3v) is 1.71. The molecule has 0 bridgehead atoms. The van der Waals surface area contributed by atoms with Gasteiger partial charge in [0.25, 0.3) is 0 Å². The van der Waals surface area contributed by atoms with Crippen LogP contribution in [0.4, 0.5) is 4.79 Å². The van der Waals surface area contributed by atoms with Crippen molar-refractivity contribution in [3.05, 3.63) is 5.32 Å².